The maximum atomic E-state index is 13.3. The standard InChI is InChI=1S/C18H22F3N3O3/c19-18(20,21)14-4-2-1-3-13(14)12-24-6-5-22-17(26)15(24)11-16(25)23-7-9-27-10-8-23/h1-4,15H,5-12H2,(H,22,26)/t15-/m0/s1. The molecule has 6 nitrogen and oxygen atoms in total. The number of alkyl halides is 3. The number of piperazine rings is 1. The van der Waals surface area contributed by atoms with E-state index in [2.05, 4.69) is 5.32 Å². The second-order valence-electron chi connectivity index (χ2n) is 6.63. The lowest BCUT2D eigenvalue weighted by molar-refractivity contribution is -0.142. The highest BCUT2D eigenvalue weighted by atomic mass is 19.4. The quantitative estimate of drug-likeness (QED) is 0.848. The molecule has 2 heterocycles. The molecule has 0 aromatic heterocycles. The summed E-state index contributed by atoms with van der Waals surface area (Å²) >= 11 is 0. The number of hydrogen-bond donors (Lipinski definition) is 1. The highest BCUT2D eigenvalue weighted by molar-refractivity contribution is 5.88. The van der Waals surface area contributed by atoms with Gasteiger partial charge in [0.2, 0.25) is 11.8 Å². The summed E-state index contributed by atoms with van der Waals surface area (Å²) < 4.78 is 45.0. The summed E-state index contributed by atoms with van der Waals surface area (Å²) in [4.78, 5) is 28.1. The first-order valence-electron chi connectivity index (χ1n) is 8.88. The molecule has 0 unspecified atom stereocenters. The summed E-state index contributed by atoms with van der Waals surface area (Å²) in [6.45, 7) is 2.52. The number of carbonyl (C=O) groups is 2. The molecule has 9 heteroatoms. The van der Waals surface area contributed by atoms with Crippen LogP contribution in [-0.4, -0.2) is 67.0 Å². The SMILES string of the molecule is O=C1NCCN(Cc2ccccc2C(F)(F)F)[C@H]1CC(=O)N1CCOCC1. The lowest BCUT2D eigenvalue weighted by Crippen LogP contribution is -2.56. The summed E-state index contributed by atoms with van der Waals surface area (Å²) in [6.07, 6.45) is -4.52. The predicted molar refractivity (Wildman–Crippen MR) is 90.7 cm³/mol. The average molecular weight is 385 g/mol. The van der Waals surface area contributed by atoms with Crippen LogP contribution in [0.5, 0.6) is 0 Å². The Kier molecular flexibility index (Phi) is 6.01. The largest absolute Gasteiger partial charge is 0.416 e. The lowest BCUT2D eigenvalue weighted by Gasteiger charge is -2.36. The molecule has 0 saturated carbocycles. The van der Waals surface area contributed by atoms with Crippen molar-refractivity contribution in [1.82, 2.24) is 15.1 Å². The molecule has 1 N–H and O–H groups in total. The number of halogens is 3. The van der Waals surface area contributed by atoms with E-state index >= 15 is 0 Å². The normalized spacial score (nSPS) is 21.8. The Morgan fingerprint density at radius 3 is 2.59 bits per heavy atom. The van der Waals surface area contributed by atoms with Crippen molar-refractivity contribution in [2.75, 3.05) is 39.4 Å². The third-order valence-corrected chi connectivity index (χ3v) is 4.87. The van der Waals surface area contributed by atoms with Gasteiger partial charge in [-0.25, -0.2) is 0 Å². The first kappa shape index (κ1) is 19.6. The Balaban J connectivity index is 1.75. The Hall–Kier alpha value is -2.13. The van der Waals surface area contributed by atoms with E-state index in [1.165, 1.54) is 12.1 Å². The van der Waals surface area contributed by atoms with Gasteiger partial charge in [0, 0.05) is 32.7 Å². The van der Waals surface area contributed by atoms with Crippen LogP contribution in [0.1, 0.15) is 17.5 Å². The van der Waals surface area contributed by atoms with Crippen LogP contribution in [0.3, 0.4) is 0 Å². The molecule has 3 rings (SSSR count). The number of ether oxygens (including phenoxy) is 1. The van der Waals surface area contributed by atoms with Crippen molar-refractivity contribution < 1.29 is 27.5 Å². The molecule has 27 heavy (non-hydrogen) atoms. The molecule has 2 fully saturated rings. The third-order valence-electron chi connectivity index (χ3n) is 4.87. The Labute approximate surface area is 155 Å². The average Bonchev–Trinajstić information content (AvgIpc) is 2.65. The molecule has 0 aliphatic carbocycles. The second kappa shape index (κ2) is 8.26. The van der Waals surface area contributed by atoms with E-state index < -0.39 is 17.8 Å². The van der Waals surface area contributed by atoms with Gasteiger partial charge in [0.05, 0.1) is 31.2 Å². The zero-order valence-corrected chi connectivity index (χ0v) is 14.8. The van der Waals surface area contributed by atoms with Crippen LogP contribution in [0.4, 0.5) is 13.2 Å². The zero-order valence-electron chi connectivity index (χ0n) is 14.8. The van der Waals surface area contributed by atoms with Gasteiger partial charge in [-0.1, -0.05) is 18.2 Å². The predicted octanol–water partition coefficient (Wildman–Crippen LogP) is 1.25. The minimum absolute atomic E-state index is 0.0375. The van der Waals surface area contributed by atoms with Crippen LogP contribution in [0.2, 0.25) is 0 Å². The fraction of sp³-hybridized carbons (Fsp3) is 0.556. The molecular weight excluding hydrogens is 363 g/mol. The number of benzene rings is 1. The Morgan fingerprint density at radius 2 is 1.89 bits per heavy atom. The zero-order chi connectivity index (χ0) is 19.4. The molecule has 1 aromatic rings. The minimum atomic E-state index is -4.46. The molecular formula is C18H22F3N3O3. The van der Waals surface area contributed by atoms with E-state index in [1.807, 2.05) is 0 Å². The van der Waals surface area contributed by atoms with Gasteiger partial charge in [0.15, 0.2) is 0 Å². The smallest absolute Gasteiger partial charge is 0.378 e. The van der Waals surface area contributed by atoms with Gasteiger partial charge < -0.3 is 15.0 Å². The summed E-state index contributed by atoms with van der Waals surface area (Å²) in [5.41, 5.74) is -0.613. The van der Waals surface area contributed by atoms with Crippen molar-refractivity contribution >= 4 is 11.8 Å². The van der Waals surface area contributed by atoms with Gasteiger partial charge in [-0.3, -0.25) is 14.5 Å². The van der Waals surface area contributed by atoms with Crippen molar-refractivity contribution in [3.63, 3.8) is 0 Å². The van der Waals surface area contributed by atoms with E-state index in [4.69, 9.17) is 4.74 Å². The summed E-state index contributed by atoms with van der Waals surface area (Å²) in [5.74, 6) is -0.512. The van der Waals surface area contributed by atoms with Crippen LogP contribution in [-0.2, 0) is 27.0 Å². The van der Waals surface area contributed by atoms with Crippen LogP contribution in [0.25, 0.3) is 0 Å². The number of nitrogens with zero attached hydrogens (tertiary/aromatic N) is 2. The topological polar surface area (TPSA) is 61.9 Å². The third kappa shape index (κ3) is 4.78. The number of rotatable bonds is 4. The molecule has 148 valence electrons. The first-order chi connectivity index (χ1) is 12.9. The van der Waals surface area contributed by atoms with Crippen LogP contribution >= 0.6 is 0 Å². The van der Waals surface area contributed by atoms with Crippen LogP contribution in [0, 0.1) is 0 Å². The fourth-order valence-electron chi connectivity index (χ4n) is 3.43. The van der Waals surface area contributed by atoms with Crippen molar-refractivity contribution in [1.29, 1.82) is 0 Å². The summed E-state index contributed by atoms with van der Waals surface area (Å²) in [7, 11) is 0. The van der Waals surface area contributed by atoms with E-state index in [-0.39, 0.29) is 30.3 Å². The molecule has 2 saturated heterocycles. The summed E-state index contributed by atoms with van der Waals surface area (Å²) in [5, 5.41) is 2.70. The van der Waals surface area contributed by atoms with Crippen molar-refractivity contribution in [2.24, 2.45) is 0 Å². The van der Waals surface area contributed by atoms with Crippen LogP contribution < -0.4 is 5.32 Å². The maximum absolute atomic E-state index is 13.3. The highest BCUT2D eigenvalue weighted by Gasteiger charge is 2.37. The molecule has 2 aliphatic rings. The Bertz CT molecular complexity index is 690. The van der Waals surface area contributed by atoms with Crippen molar-refractivity contribution in [3.8, 4) is 0 Å². The van der Waals surface area contributed by atoms with E-state index in [1.54, 1.807) is 15.9 Å². The van der Waals surface area contributed by atoms with Gasteiger partial charge in [-0.15, -0.1) is 0 Å². The van der Waals surface area contributed by atoms with E-state index in [9.17, 15) is 22.8 Å². The molecule has 2 aliphatic heterocycles. The van der Waals surface area contributed by atoms with E-state index in [0.717, 1.165) is 6.07 Å². The molecule has 0 radical (unpaired) electrons. The molecule has 2 amide bonds. The Morgan fingerprint density at radius 1 is 1.19 bits per heavy atom. The van der Waals surface area contributed by atoms with Gasteiger partial charge in [-0.05, 0) is 11.6 Å². The monoisotopic (exact) mass is 385 g/mol. The van der Waals surface area contributed by atoms with E-state index in [0.29, 0.717) is 39.4 Å². The lowest BCUT2D eigenvalue weighted by atomic mass is 10.0. The van der Waals surface area contributed by atoms with Gasteiger partial charge in [-0.2, -0.15) is 13.2 Å². The maximum Gasteiger partial charge on any atom is 0.416 e. The number of amides is 2. The van der Waals surface area contributed by atoms with Crippen molar-refractivity contribution in [3.05, 3.63) is 35.4 Å². The van der Waals surface area contributed by atoms with Crippen LogP contribution in [0.15, 0.2) is 24.3 Å². The second-order valence-corrected chi connectivity index (χ2v) is 6.63. The van der Waals surface area contributed by atoms with Crippen molar-refractivity contribution in [2.45, 2.75) is 25.2 Å². The number of hydrogen-bond acceptors (Lipinski definition) is 4. The number of carbonyl (C=O) groups excluding carboxylic acids is 2. The molecule has 0 bridgehead atoms. The van der Waals surface area contributed by atoms with Gasteiger partial charge >= 0.3 is 6.18 Å². The minimum Gasteiger partial charge on any atom is -0.378 e. The fourth-order valence-corrected chi connectivity index (χ4v) is 3.43. The van der Waals surface area contributed by atoms with Gasteiger partial charge in [0.25, 0.3) is 0 Å². The first-order valence-corrected chi connectivity index (χ1v) is 8.88. The molecule has 1 aromatic carbocycles. The highest BCUT2D eigenvalue weighted by Crippen LogP contribution is 2.32. The summed E-state index contributed by atoms with van der Waals surface area (Å²) in [6, 6.07) is 4.55. The number of morpholine rings is 1. The van der Waals surface area contributed by atoms with Gasteiger partial charge in [0.1, 0.15) is 0 Å². The molecule has 1 atom stereocenters. The molecule has 0 spiro atoms. The number of nitrogens with one attached hydrogen (secondary N) is 1.